The molecule has 2 aliphatic rings. The second-order valence-corrected chi connectivity index (χ2v) is 13.1. The van der Waals surface area contributed by atoms with Gasteiger partial charge in [-0.1, -0.05) is 45.0 Å². The zero-order valence-electron chi connectivity index (χ0n) is 24.1. The number of nitriles is 1. The van der Waals surface area contributed by atoms with Gasteiger partial charge < -0.3 is 20.6 Å². The number of aliphatic hydroxyl groups excluding tert-OH is 1. The van der Waals surface area contributed by atoms with Crippen LogP contribution in [-0.2, 0) is 19.2 Å². The number of carbonyl (C=O) groups is 4. The summed E-state index contributed by atoms with van der Waals surface area (Å²) in [7, 11) is 0. The molecule has 3 amide bonds. The van der Waals surface area contributed by atoms with E-state index in [9.17, 15) is 29.5 Å². The fourth-order valence-corrected chi connectivity index (χ4v) is 5.97. The predicted molar refractivity (Wildman–Crippen MR) is 153 cm³/mol. The van der Waals surface area contributed by atoms with Gasteiger partial charge in [-0.3, -0.25) is 19.2 Å². The molecule has 0 radical (unpaired) electrons. The summed E-state index contributed by atoms with van der Waals surface area (Å²) in [5, 5.41) is 25.6. The first-order valence-corrected chi connectivity index (χ1v) is 14.6. The van der Waals surface area contributed by atoms with E-state index in [0.717, 1.165) is 21.7 Å². The normalized spacial score (nSPS) is 21.0. The molecule has 0 spiro atoms. The number of nitrogens with zero attached hydrogens (tertiary/aromatic N) is 3. The molecule has 4 atom stereocenters. The van der Waals surface area contributed by atoms with E-state index in [0.29, 0.717) is 12.8 Å². The van der Waals surface area contributed by atoms with Crippen LogP contribution in [0.25, 0.3) is 10.4 Å². The summed E-state index contributed by atoms with van der Waals surface area (Å²) in [6, 6.07) is 7.01. The highest BCUT2D eigenvalue weighted by Crippen LogP contribution is 2.45. The van der Waals surface area contributed by atoms with Crippen LogP contribution in [0, 0.1) is 29.1 Å². The summed E-state index contributed by atoms with van der Waals surface area (Å²) in [6.45, 7) is 8.71. The Kier molecular flexibility index (Phi) is 8.66. The number of Topliss-reactive ketones (excluding diaryl/α,β-unsaturated/α-hetero) is 1. The molecule has 41 heavy (non-hydrogen) atoms. The molecule has 1 saturated heterocycles. The number of aromatic nitrogens is 1. The van der Waals surface area contributed by atoms with Crippen LogP contribution in [0.5, 0.6) is 0 Å². The number of ketones is 1. The van der Waals surface area contributed by atoms with E-state index in [1.165, 1.54) is 23.2 Å². The topological polar surface area (TPSA) is 152 Å². The van der Waals surface area contributed by atoms with Gasteiger partial charge in [0.1, 0.15) is 23.3 Å². The average Bonchev–Trinajstić information content (AvgIpc) is 3.44. The van der Waals surface area contributed by atoms with Crippen LogP contribution >= 0.6 is 11.3 Å². The van der Waals surface area contributed by atoms with Gasteiger partial charge in [-0.05, 0) is 43.2 Å². The van der Waals surface area contributed by atoms with Crippen LogP contribution in [0.15, 0.2) is 29.8 Å². The number of likely N-dealkylation sites (tertiary alicyclic amines) is 1. The fourth-order valence-electron chi connectivity index (χ4n) is 5.16. The highest BCUT2D eigenvalue weighted by atomic mass is 32.1. The molecular weight excluding hydrogens is 542 g/mol. The number of hydrogen-bond donors (Lipinski definition) is 3. The first-order chi connectivity index (χ1) is 19.3. The van der Waals surface area contributed by atoms with Crippen molar-refractivity contribution in [1.29, 1.82) is 5.26 Å². The first-order valence-electron chi connectivity index (χ1n) is 13.8. The first kappa shape index (κ1) is 30.3. The third-order valence-electron chi connectivity index (χ3n) is 7.78. The van der Waals surface area contributed by atoms with E-state index < -0.39 is 52.8 Å². The van der Waals surface area contributed by atoms with Crippen molar-refractivity contribution in [2.24, 2.45) is 10.8 Å². The van der Waals surface area contributed by atoms with E-state index in [1.807, 2.05) is 37.3 Å². The molecule has 1 aromatic carbocycles. The van der Waals surface area contributed by atoms with Gasteiger partial charge in [-0.25, -0.2) is 4.98 Å². The van der Waals surface area contributed by atoms with Crippen molar-refractivity contribution in [3.8, 4) is 16.5 Å². The second kappa shape index (κ2) is 11.7. The molecule has 1 aliphatic carbocycles. The van der Waals surface area contributed by atoms with E-state index in [2.05, 4.69) is 15.6 Å². The van der Waals surface area contributed by atoms with E-state index in [4.69, 9.17) is 0 Å². The Bertz CT molecular complexity index is 1370. The van der Waals surface area contributed by atoms with Gasteiger partial charge in [0.25, 0.3) is 0 Å². The number of amides is 3. The molecule has 11 heteroatoms. The molecular formula is C30H37N5O5S. The molecule has 1 unspecified atom stereocenters. The number of aryl methyl sites for hydroxylation is 1. The summed E-state index contributed by atoms with van der Waals surface area (Å²) in [5.74, 6) is -1.59. The summed E-state index contributed by atoms with van der Waals surface area (Å²) < 4.78 is 0. The number of rotatable bonds is 9. The molecule has 3 N–H and O–H groups in total. The van der Waals surface area contributed by atoms with Crippen LogP contribution in [0.2, 0.25) is 0 Å². The third-order valence-corrected chi connectivity index (χ3v) is 8.76. The number of thiazole rings is 1. The van der Waals surface area contributed by atoms with Gasteiger partial charge in [0.05, 0.1) is 34.3 Å². The molecule has 218 valence electrons. The highest BCUT2D eigenvalue weighted by Gasteiger charge is 2.53. The molecule has 4 rings (SSSR count). The molecule has 0 bridgehead atoms. The molecule has 10 nitrogen and oxygen atoms in total. The molecule has 1 aromatic heterocycles. The van der Waals surface area contributed by atoms with Crippen LogP contribution < -0.4 is 10.6 Å². The Hall–Kier alpha value is -3.62. The molecule has 2 fully saturated rings. The smallest absolute Gasteiger partial charge is 0.246 e. The fraction of sp³-hybridized carbons (Fsp3) is 0.533. The highest BCUT2D eigenvalue weighted by molar-refractivity contribution is 7.13. The Balaban J connectivity index is 1.53. The number of aliphatic hydroxyl groups is 1. The standard InChI is InChI=1S/C30H37N5O5S/c1-17(36)12-22(19-6-8-20(9-7-19)24-18(2)32-16-41-24)33-26(38)23-13-21(37)14-35(23)27(39)25(29(3,4)5)34-28(40)30(15-31)10-11-30/h6-9,16,21-23,25,37H,10-14H2,1-5H3,(H,33,38)(H,34,40)/t21-,22+,23?,25-/m1/s1. The minimum atomic E-state index is -1.11. The number of carbonyl (C=O) groups excluding carboxylic acids is 4. The summed E-state index contributed by atoms with van der Waals surface area (Å²) in [6.07, 6.45) is 0.0472. The van der Waals surface area contributed by atoms with Crippen molar-refractivity contribution in [3.63, 3.8) is 0 Å². The minimum Gasteiger partial charge on any atom is -0.391 e. The minimum absolute atomic E-state index is 0.0287. The van der Waals surface area contributed by atoms with Gasteiger partial charge in [-0.2, -0.15) is 5.26 Å². The lowest BCUT2D eigenvalue weighted by atomic mass is 9.85. The lowest BCUT2D eigenvalue weighted by molar-refractivity contribution is -0.144. The Labute approximate surface area is 244 Å². The van der Waals surface area contributed by atoms with Crippen molar-refractivity contribution < 1.29 is 24.3 Å². The van der Waals surface area contributed by atoms with Crippen molar-refractivity contribution >= 4 is 34.8 Å². The van der Waals surface area contributed by atoms with Gasteiger partial charge in [0, 0.05) is 19.4 Å². The predicted octanol–water partition coefficient (Wildman–Crippen LogP) is 3.05. The van der Waals surface area contributed by atoms with Crippen LogP contribution in [0.4, 0.5) is 0 Å². The number of hydrogen-bond acceptors (Lipinski definition) is 8. The maximum Gasteiger partial charge on any atom is 0.246 e. The number of benzene rings is 1. The molecule has 2 heterocycles. The van der Waals surface area contributed by atoms with Crippen molar-refractivity contribution in [1.82, 2.24) is 20.5 Å². The van der Waals surface area contributed by atoms with Crippen LogP contribution in [0.3, 0.4) is 0 Å². The summed E-state index contributed by atoms with van der Waals surface area (Å²) in [4.78, 5) is 59.1. The van der Waals surface area contributed by atoms with Gasteiger partial charge >= 0.3 is 0 Å². The summed E-state index contributed by atoms with van der Waals surface area (Å²) >= 11 is 1.53. The monoisotopic (exact) mass is 579 g/mol. The summed E-state index contributed by atoms with van der Waals surface area (Å²) in [5.41, 5.74) is 2.59. The zero-order valence-corrected chi connectivity index (χ0v) is 24.9. The van der Waals surface area contributed by atoms with Crippen molar-refractivity contribution in [3.05, 3.63) is 41.0 Å². The van der Waals surface area contributed by atoms with Gasteiger partial charge in [0.15, 0.2) is 0 Å². The third kappa shape index (κ3) is 6.66. The lowest BCUT2D eigenvalue weighted by Gasteiger charge is -2.36. The number of nitrogens with one attached hydrogen (secondary N) is 2. The molecule has 1 aliphatic heterocycles. The lowest BCUT2D eigenvalue weighted by Crippen LogP contribution is -2.58. The second-order valence-electron chi connectivity index (χ2n) is 12.2. The number of β-amino-alcohol motifs (C(OH)–C–C–N with tert-alkyl or cyclic N) is 1. The quantitative estimate of drug-likeness (QED) is 0.413. The zero-order chi connectivity index (χ0) is 30.1. The average molecular weight is 580 g/mol. The van der Waals surface area contributed by atoms with Crippen molar-refractivity contribution in [2.45, 2.75) is 84.5 Å². The Morgan fingerprint density at radius 2 is 1.85 bits per heavy atom. The van der Waals surface area contributed by atoms with E-state index >= 15 is 0 Å². The Morgan fingerprint density at radius 1 is 1.20 bits per heavy atom. The molecule has 2 aromatic rings. The van der Waals surface area contributed by atoms with Gasteiger partial charge in [0.2, 0.25) is 17.7 Å². The van der Waals surface area contributed by atoms with E-state index in [1.54, 1.807) is 26.3 Å². The Morgan fingerprint density at radius 3 is 2.37 bits per heavy atom. The molecule has 1 saturated carbocycles. The largest absolute Gasteiger partial charge is 0.391 e. The SMILES string of the molecule is CC(=O)C[C@H](NC(=O)C1C[C@@H](O)CN1C(=O)[C@@H](NC(=O)C1(C#N)CC1)C(C)(C)C)c1ccc(-c2scnc2C)cc1. The van der Waals surface area contributed by atoms with Gasteiger partial charge in [-0.15, -0.1) is 11.3 Å². The maximum atomic E-state index is 13.8. The van der Waals surface area contributed by atoms with Crippen LogP contribution in [0.1, 0.15) is 70.7 Å². The van der Waals surface area contributed by atoms with E-state index in [-0.39, 0.29) is 25.2 Å². The van der Waals surface area contributed by atoms with Crippen molar-refractivity contribution in [2.75, 3.05) is 6.54 Å². The van der Waals surface area contributed by atoms with Crippen LogP contribution in [-0.4, -0.2) is 63.2 Å². The maximum absolute atomic E-state index is 13.8.